The maximum atomic E-state index is 14.1. The van der Waals surface area contributed by atoms with Crippen LogP contribution in [0.15, 0.2) is 30.7 Å². The second-order valence-electron chi connectivity index (χ2n) is 5.23. The van der Waals surface area contributed by atoms with E-state index < -0.39 is 0 Å². The molecule has 0 aliphatic carbocycles. The predicted molar refractivity (Wildman–Crippen MR) is 73.4 cm³/mol. The lowest BCUT2D eigenvalue weighted by Crippen LogP contribution is -2.27. The van der Waals surface area contributed by atoms with Crippen LogP contribution in [0, 0.1) is 5.82 Å². The molecular weight excluding hydrogens is 265 g/mol. The Morgan fingerprint density at radius 2 is 2.32 bits per heavy atom. The second kappa shape index (κ2) is 4.62. The molecule has 19 heavy (non-hydrogen) atoms. The first-order chi connectivity index (χ1) is 9.10. The number of benzene rings is 1. The molecule has 2 aromatic rings. The van der Waals surface area contributed by atoms with E-state index in [0.29, 0.717) is 10.7 Å². The molecular formula is C14H15ClFN3. The third kappa shape index (κ3) is 2.15. The molecule has 1 aromatic carbocycles. The molecule has 5 heteroatoms. The van der Waals surface area contributed by atoms with Crippen LogP contribution < -0.4 is 5.32 Å². The average Bonchev–Trinajstić information content (AvgIpc) is 2.98. The van der Waals surface area contributed by atoms with E-state index in [1.807, 2.05) is 10.8 Å². The smallest absolute Gasteiger partial charge is 0.148 e. The van der Waals surface area contributed by atoms with Crippen molar-refractivity contribution in [2.45, 2.75) is 18.8 Å². The summed E-state index contributed by atoms with van der Waals surface area (Å²) in [5.74, 6) is -0.332. The van der Waals surface area contributed by atoms with Gasteiger partial charge in [-0.15, -0.1) is 0 Å². The molecule has 0 bridgehead atoms. The Hall–Kier alpha value is -1.39. The van der Waals surface area contributed by atoms with Crippen molar-refractivity contribution in [2.75, 3.05) is 13.1 Å². The SMILES string of the molecule is CC1(c2cncn2-c2ccc(Cl)cc2F)CCNC1. The molecule has 3 rings (SSSR count). The van der Waals surface area contributed by atoms with E-state index in [2.05, 4.69) is 17.2 Å². The lowest BCUT2D eigenvalue weighted by molar-refractivity contribution is 0.495. The maximum absolute atomic E-state index is 14.1. The average molecular weight is 280 g/mol. The Morgan fingerprint density at radius 1 is 1.47 bits per heavy atom. The maximum Gasteiger partial charge on any atom is 0.148 e. The summed E-state index contributed by atoms with van der Waals surface area (Å²) in [6.07, 6.45) is 4.50. The van der Waals surface area contributed by atoms with Crippen molar-refractivity contribution >= 4 is 11.6 Å². The monoisotopic (exact) mass is 279 g/mol. The van der Waals surface area contributed by atoms with Gasteiger partial charge in [-0.3, -0.25) is 4.57 Å². The zero-order valence-corrected chi connectivity index (χ0v) is 11.4. The molecule has 1 aliphatic rings. The van der Waals surface area contributed by atoms with Gasteiger partial charge in [0.25, 0.3) is 0 Å². The van der Waals surface area contributed by atoms with Crippen molar-refractivity contribution in [1.29, 1.82) is 0 Å². The number of rotatable bonds is 2. The molecule has 0 radical (unpaired) electrons. The van der Waals surface area contributed by atoms with E-state index in [9.17, 15) is 4.39 Å². The molecule has 1 aromatic heterocycles. The van der Waals surface area contributed by atoms with E-state index in [1.165, 1.54) is 6.07 Å². The minimum Gasteiger partial charge on any atom is -0.316 e. The summed E-state index contributed by atoms with van der Waals surface area (Å²) in [5, 5.41) is 3.75. The van der Waals surface area contributed by atoms with Crippen LogP contribution >= 0.6 is 11.6 Å². The van der Waals surface area contributed by atoms with Crippen molar-refractivity contribution in [1.82, 2.24) is 14.9 Å². The van der Waals surface area contributed by atoms with Crippen molar-refractivity contribution in [3.05, 3.63) is 47.3 Å². The fourth-order valence-corrected chi connectivity index (χ4v) is 2.80. The molecule has 1 N–H and O–H groups in total. The number of nitrogens with zero attached hydrogens (tertiary/aromatic N) is 2. The van der Waals surface area contributed by atoms with Gasteiger partial charge in [-0.2, -0.15) is 0 Å². The van der Waals surface area contributed by atoms with Gasteiger partial charge in [-0.1, -0.05) is 18.5 Å². The summed E-state index contributed by atoms with van der Waals surface area (Å²) in [6.45, 7) is 4.03. The first-order valence-electron chi connectivity index (χ1n) is 6.29. The van der Waals surface area contributed by atoms with Crippen LogP contribution in [0.1, 0.15) is 19.0 Å². The van der Waals surface area contributed by atoms with E-state index >= 15 is 0 Å². The number of imidazole rings is 1. The van der Waals surface area contributed by atoms with Gasteiger partial charge in [-0.05, 0) is 31.2 Å². The van der Waals surface area contributed by atoms with Crippen LogP contribution in [0.25, 0.3) is 5.69 Å². The number of halogens is 2. The summed E-state index contributed by atoms with van der Waals surface area (Å²) < 4.78 is 15.9. The summed E-state index contributed by atoms with van der Waals surface area (Å²) in [4.78, 5) is 4.19. The summed E-state index contributed by atoms with van der Waals surface area (Å²) in [6, 6.07) is 4.71. The molecule has 0 spiro atoms. The normalized spacial score (nSPS) is 22.9. The van der Waals surface area contributed by atoms with Crippen LogP contribution in [0.5, 0.6) is 0 Å². The molecule has 0 saturated carbocycles. The number of hydrogen-bond acceptors (Lipinski definition) is 2. The standard InChI is InChI=1S/C14H15ClFN3/c1-14(4-5-17-8-14)13-7-18-9-19(13)12-3-2-10(15)6-11(12)16/h2-3,6-7,9,17H,4-5,8H2,1H3. The zero-order valence-electron chi connectivity index (χ0n) is 10.7. The molecule has 2 heterocycles. The predicted octanol–water partition coefficient (Wildman–Crippen LogP) is 2.92. The van der Waals surface area contributed by atoms with Crippen molar-refractivity contribution in [3.8, 4) is 5.69 Å². The quantitative estimate of drug-likeness (QED) is 0.916. The van der Waals surface area contributed by atoms with E-state index in [1.54, 1.807) is 18.5 Å². The van der Waals surface area contributed by atoms with Crippen LogP contribution in [0.4, 0.5) is 4.39 Å². The molecule has 1 atom stereocenters. The van der Waals surface area contributed by atoms with Gasteiger partial charge in [-0.25, -0.2) is 9.37 Å². The van der Waals surface area contributed by atoms with Gasteiger partial charge >= 0.3 is 0 Å². The van der Waals surface area contributed by atoms with Crippen LogP contribution in [0.3, 0.4) is 0 Å². The number of aromatic nitrogens is 2. The largest absolute Gasteiger partial charge is 0.316 e. The summed E-state index contributed by atoms with van der Waals surface area (Å²) in [5.41, 5.74) is 1.51. The highest BCUT2D eigenvalue weighted by Gasteiger charge is 2.33. The van der Waals surface area contributed by atoms with Crippen molar-refractivity contribution < 1.29 is 4.39 Å². The Kier molecular flexibility index (Phi) is 3.07. The van der Waals surface area contributed by atoms with E-state index in [-0.39, 0.29) is 11.2 Å². The summed E-state index contributed by atoms with van der Waals surface area (Å²) >= 11 is 5.80. The molecule has 1 saturated heterocycles. The number of nitrogens with one attached hydrogen (secondary N) is 1. The molecule has 1 fully saturated rings. The first-order valence-corrected chi connectivity index (χ1v) is 6.67. The van der Waals surface area contributed by atoms with Gasteiger partial charge in [0.1, 0.15) is 5.82 Å². The molecule has 0 amide bonds. The van der Waals surface area contributed by atoms with Crippen LogP contribution in [-0.4, -0.2) is 22.6 Å². The molecule has 1 aliphatic heterocycles. The minimum atomic E-state index is -0.332. The highest BCUT2D eigenvalue weighted by atomic mass is 35.5. The highest BCUT2D eigenvalue weighted by molar-refractivity contribution is 6.30. The Morgan fingerprint density at radius 3 is 3.00 bits per heavy atom. The van der Waals surface area contributed by atoms with Gasteiger partial charge in [0.15, 0.2) is 0 Å². The van der Waals surface area contributed by atoms with Gasteiger partial charge in [0.2, 0.25) is 0 Å². The van der Waals surface area contributed by atoms with E-state index in [4.69, 9.17) is 11.6 Å². The number of hydrogen-bond donors (Lipinski definition) is 1. The van der Waals surface area contributed by atoms with Gasteiger partial charge in [0.05, 0.1) is 12.0 Å². The molecule has 100 valence electrons. The Balaban J connectivity index is 2.09. The fourth-order valence-electron chi connectivity index (χ4n) is 2.65. The van der Waals surface area contributed by atoms with E-state index in [0.717, 1.165) is 25.2 Å². The zero-order chi connectivity index (χ0) is 13.5. The van der Waals surface area contributed by atoms with Crippen LogP contribution in [-0.2, 0) is 5.41 Å². The van der Waals surface area contributed by atoms with Crippen molar-refractivity contribution in [3.63, 3.8) is 0 Å². The third-order valence-electron chi connectivity index (χ3n) is 3.79. The lowest BCUT2D eigenvalue weighted by Gasteiger charge is -2.24. The minimum absolute atomic E-state index is 0.0113. The molecule has 1 unspecified atom stereocenters. The highest BCUT2D eigenvalue weighted by Crippen LogP contribution is 2.32. The van der Waals surface area contributed by atoms with Crippen molar-refractivity contribution in [2.24, 2.45) is 0 Å². The fraction of sp³-hybridized carbons (Fsp3) is 0.357. The Bertz CT molecular complexity index is 602. The van der Waals surface area contributed by atoms with Crippen LogP contribution in [0.2, 0.25) is 5.02 Å². The second-order valence-corrected chi connectivity index (χ2v) is 5.67. The first kappa shape index (κ1) is 12.6. The topological polar surface area (TPSA) is 29.9 Å². The third-order valence-corrected chi connectivity index (χ3v) is 4.03. The molecule has 3 nitrogen and oxygen atoms in total. The Labute approximate surface area is 116 Å². The van der Waals surface area contributed by atoms with Gasteiger partial charge < -0.3 is 5.32 Å². The lowest BCUT2D eigenvalue weighted by atomic mass is 9.86. The summed E-state index contributed by atoms with van der Waals surface area (Å²) in [7, 11) is 0. The van der Waals surface area contributed by atoms with Gasteiger partial charge in [0, 0.05) is 28.9 Å².